The van der Waals surface area contributed by atoms with Crippen LogP contribution in [0, 0.1) is 33.5 Å². The number of rotatable bonds is 6. The summed E-state index contributed by atoms with van der Waals surface area (Å²) in [5, 5.41) is 0. The van der Waals surface area contributed by atoms with Gasteiger partial charge in [-0.2, -0.15) is 0 Å². The van der Waals surface area contributed by atoms with Gasteiger partial charge >= 0.3 is 5.97 Å². The lowest BCUT2D eigenvalue weighted by Crippen LogP contribution is -2.49. The molecule has 2 N–H and O–H groups in total. The molecule has 6 heteroatoms. The van der Waals surface area contributed by atoms with Gasteiger partial charge in [-0.25, -0.2) is 4.79 Å². The predicted octanol–water partition coefficient (Wildman–Crippen LogP) is 4.49. The van der Waals surface area contributed by atoms with Crippen molar-refractivity contribution < 1.29 is 19.1 Å². The van der Waals surface area contributed by atoms with Crippen molar-refractivity contribution in [2.45, 2.75) is 111 Å². The Kier molecular flexibility index (Phi) is 6.49. The van der Waals surface area contributed by atoms with Crippen LogP contribution in [0.15, 0.2) is 0 Å². The van der Waals surface area contributed by atoms with E-state index in [4.69, 9.17) is 10.5 Å². The van der Waals surface area contributed by atoms with Gasteiger partial charge < -0.3 is 15.4 Å². The van der Waals surface area contributed by atoms with Crippen molar-refractivity contribution in [2.24, 2.45) is 39.2 Å². The largest absolute Gasteiger partial charge is 0.467 e. The molecule has 192 valence electrons. The molecule has 1 saturated heterocycles. The van der Waals surface area contributed by atoms with Crippen LogP contribution in [0.5, 0.6) is 0 Å². The number of ketones is 1. The molecule has 4 fully saturated rings. The molecule has 0 bridgehead atoms. The lowest BCUT2D eigenvalue weighted by molar-refractivity contribution is -0.154. The molecule has 3 aliphatic carbocycles. The molecule has 4 rings (SSSR count). The minimum Gasteiger partial charge on any atom is -0.467 e. The first-order valence-corrected chi connectivity index (χ1v) is 13.5. The summed E-state index contributed by atoms with van der Waals surface area (Å²) in [6.45, 7) is 11.3. The minimum absolute atomic E-state index is 0.00841. The van der Waals surface area contributed by atoms with E-state index in [1.54, 1.807) is 4.90 Å². The van der Waals surface area contributed by atoms with Gasteiger partial charge in [0.2, 0.25) is 5.91 Å². The molecule has 3 saturated carbocycles. The highest BCUT2D eigenvalue weighted by Crippen LogP contribution is 2.88. The summed E-state index contributed by atoms with van der Waals surface area (Å²) < 4.78 is 5.17. The van der Waals surface area contributed by atoms with Gasteiger partial charge in [0.1, 0.15) is 6.04 Å². The zero-order chi connectivity index (χ0) is 25.1. The van der Waals surface area contributed by atoms with Crippen molar-refractivity contribution in [3.05, 3.63) is 0 Å². The smallest absolute Gasteiger partial charge is 0.328 e. The number of Topliss-reactive ketones (excluding diaryl/α,β-unsaturated/α-hetero) is 1. The fourth-order valence-corrected chi connectivity index (χ4v) is 8.23. The van der Waals surface area contributed by atoms with Gasteiger partial charge in [0.05, 0.1) is 13.2 Å². The summed E-state index contributed by atoms with van der Waals surface area (Å²) in [5.41, 5.74) is 6.33. The number of likely N-dealkylation sites (tertiary alicyclic amines) is 1. The summed E-state index contributed by atoms with van der Waals surface area (Å²) in [7, 11) is 1.40. The number of methoxy groups -OCH3 is 1. The normalized spacial score (nSPS) is 31.7. The number of nitrogens with zero attached hydrogens (tertiary/aromatic N) is 1. The molecule has 0 radical (unpaired) electrons. The van der Waals surface area contributed by atoms with Crippen molar-refractivity contribution in [1.29, 1.82) is 0 Å². The van der Waals surface area contributed by atoms with E-state index in [9.17, 15) is 14.4 Å². The van der Waals surface area contributed by atoms with Crippen LogP contribution >= 0.6 is 0 Å². The predicted molar refractivity (Wildman–Crippen MR) is 132 cm³/mol. The molecule has 4 atom stereocenters. The standard InChI is InChI=1S/C28H46N2O4/c1-25(2,3)19(15-21(31)22(29)18-11-8-7-9-12-18)23(32)30-17-28(16-20(30)24(33)34-6)26(4,5)27(28)13-10-14-27/h18-20,22H,7-17,29H2,1-6H3/t19-,20+,22+,28-/m1/s1. The summed E-state index contributed by atoms with van der Waals surface area (Å²) in [6, 6.07) is -1.07. The van der Waals surface area contributed by atoms with E-state index in [1.807, 2.05) is 20.8 Å². The Hall–Kier alpha value is -1.43. The Morgan fingerprint density at radius 3 is 2.12 bits per heavy atom. The molecule has 0 aromatic rings. The molecule has 34 heavy (non-hydrogen) atoms. The average Bonchev–Trinajstić information content (AvgIpc) is 3.00. The second kappa shape index (κ2) is 8.60. The van der Waals surface area contributed by atoms with E-state index in [0.717, 1.165) is 25.7 Å². The number of carbonyl (C=O) groups is 3. The third-order valence-corrected chi connectivity index (χ3v) is 10.8. The molecular weight excluding hydrogens is 428 g/mol. The van der Waals surface area contributed by atoms with Gasteiger partial charge in [0, 0.05) is 24.3 Å². The van der Waals surface area contributed by atoms with E-state index in [2.05, 4.69) is 13.8 Å². The van der Waals surface area contributed by atoms with Crippen LogP contribution in [0.3, 0.4) is 0 Å². The Bertz CT molecular complexity index is 834. The van der Waals surface area contributed by atoms with Crippen LogP contribution in [0.4, 0.5) is 0 Å². The molecule has 2 spiro atoms. The SMILES string of the molecule is COC(=O)[C@@H]1C[C@@]2(CN1C(=O)[C@@H](CC(=O)[C@@H](N)C1CCCCC1)C(C)(C)C)C(C)(C)C21CCC1. The van der Waals surface area contributed by atoms with Crippen LogP contribution in [0.1, 0.15) is 98.8 Å². The quantitative estimate of drug-likeness (QED) is 0.573. The highest BCUT2D eigenvalue weighted by Gasteiger charge is 2.85. The first-order chi connectivity index (χ1) is 15.8. The van der Waals surface area contributed by atoms with Gasteiger partial charge in [-0.05, 0) is 54.3 Å². The molecule has 4 aliphatic rings. The molecule has 1 aliphatic heterocycles. The number of hydrogen-bond donors (Lipinski definition) is 1. The first kappa shape index (κ1) is 25.7. The number of esters is 1. The maximum Gasteiger partial charge on any atom is 0.328 e. The Labute approximate surface area is 205 Å². The summed E-state index contributed by atoms with van der Waals surface area (Å²) in [5.74, 6) is -0.705. The fraction of sp³-hybridized carbons (Fsp3) is 0.893. The molecule has 6 nitrogen and oxygen atoms in total. The molecule has 1 amide bonds. The zero-order valence-corrected chi connectivity index (χ0v) is 22.2. The lowest BCUT2D eigenvalue weighted by atomic mass is 9.73. The Morgan fingerprint density at radius 2 is 1.65 bits per heavy atom. The van der Waals surface area contributed by atoms with Crippen molar-refractivity contribution in [1.82, 2.24) is 4.90 Å². The fourth-order valence-electron chi connectivity index (χ4n) is 8.23. The van der Waals surface area contributed by atoms with Gasteiger partial charge in [-0.3, -0.25) is 9.59 Å². The summed E-state index contributed by atoms with van der Waals surface area (Å²) in [6.07, 6.45) is 9.85. The molecule has 0 unspecified atom stereocenters. The van der Waals surface area contributed by atoms with Crippen LogP contribution < -0.4 is 5.73 Å². The second-order valence-corrected chi connectivity index (χ2v) is 13.4. The highest BCUT2D eigenvalue weighted by molar-refractivity contribution is 5.92. The maximum atomic E-state index is 14.1. The van der Waals surface area contributed by atoms with E-state index in [0.29, 0.717) is 13.0 Å². The van der Waals surface area contributed by atoms with E-state index >= 15 is 0 Å². The van der Waals surface area contributed by atoms with Crippen LogP contribution in [0.2, 0.25) is 0 Å². The van der Waals surface area contributed by atoms with Crippen LogP contribution in [0.25, 0.3) is 0 Å². The average molecular weight is 475 g/mol. The number of carbonyl (C=O) groups excluding carboxylic acids is 3. The Balaban J connectivity index is 1.56. The number of amides is 1. The first-order valence-electron chi connectivity index (χ1n) is 13.5. The van der Waals surface area contributed by atoms with Gasteiger partial charge in [-0.15, -0.1) is 0 Å². The van der Waals surface area contributed by atoms with E-state index in [-0.39, 0.29) is 46.2 Å². The highest BCUT2D eigenvalue weighted by atomic mass is 16.5. The second-order valence-electron chi connectivity index (χ2n) is 13.4. The summed E-state index contributed by atoms with van der Waals surface area (Å²) >= 11 is 0. The summed E-state index contributed by atoms with van der Waals surface area (Å²) in [4.78, 5) is 42.1. The van der Waals surface area contributed by atoms with Crippen molar-refractivity contribution in [3.8, 4) is 0 Å². The van der Waals surface area contributed by atoms with Gasteiger partial charge in [-0.1, -0.05) is 60.3 Å². The molecule has 0 aromatic carbocycles. The van der Waals surface area contributed by atoms with E-state index in [1.165, 1.54) is 32.8 Å². The van der Waals surface area contributed by atoms with Gasteiger partial charge in [0.15, 0.2) is 5.78 Å². The molecule has 1 heterocycles. The monoisotopic (exact) mass is 474 g/mol. The molecule has 0 aromatic heterocycles. The van der Waals surface area contributed by atoms with Gasteiger partial charge in [0.25, 0.3) is 0 Å². The third kappa shape index (κ3) is 3.65. The zero-order valence-electron chi connectivity index (χ0n) is 22.2. The van der Waals surface area contributed by atoms with Crippen molar-refractivity contribution in [3.63, 3.8) is 0 Å². The number of ether oxygens (including phenoxy) is 1. The van der Waals surface area contributed by atoms with E-state index < -0.39 is 23.4 Å². The number of fused-ring (bicyclic) bond motifs is 1. The van der Waals surface area contributed by atoms with Crippen molar-refractivity contribution >= 4 is 17.7 Å². The lowest BCUT2D eigenvalue weighted by Gasteiger charge is -2.36. The number of hydrogen-bond acceptors (Lipinski definition) is 5. The maximum absolute atomic E-state index is 14.1. The minimum atomic E-state index is -0.566. The number of nitrogens with two attached hydrogens (primary N) is 1. The third-order valence-electron chi connectivity index (χ3n) is 10.8. The molecular formula is C28H46N2O4. The topological polar surface area (TPSA) is 89.7 Å². The van der Waals surface area contributed by atoms with Crippen molar-refractivity contribution in [2.75, 3.05) is 13.7 Å². The van der Waals surface area contributed by atoms with Crippen LogP contribution in [-0.4, -0.2) is 48.3 Å². The van der Waals surface area contributed by atoms with Crippen LogP contribution in [-0.2, 0) is 19.1 Å². The Morgan fingerprint density at radius 1 is 1.03 bits per heavy atom.